The van der Waals surface area contributed by atoms with Crippen molar-refractivity contribution in [2.45, 2.75) is 25.8 Å². The molecule has 2 rings (SSSR count). The van der Waals surface area contributed by atoms with Crippen LogP contribution in [0.4, 0.5) is 11.5 Å². The Hall–Kier alpha value is -2.20. The smallest absolute Gasteiger partial charge is 0.329 e. The molecule has 0 amide bonds. The van der Waals surface area contributed by atoms with Gasteiger partial charge in [-0.3, -0.25) is 10.1 Å². The highest BCUT2D eigenvalue weighted by molar-refractivity contribution is 5.65. The highest BCUT2D eigenvalue weighted by Crippen LogP contribution is 2.31. The minimum atomic E-state index is -0.508. The average Bonchev–Trinajstić information content (AvgIpc) is 2.97. The molecule has 1 N–H and O–H groups in total. The summed E-state index contributed by atoms with van der Waals surface area (Å²) in [6.45, 7) is 4.40. The number of hydrogen-bond donors (Lipinski definition) is 1. The molecule has 7 nitrogen and oxygen atoms in total. The molecule has 20 heavy (non-hydrogen) atoms. The van der Waals surface area contributed by atoms with Gasteiger partial charge in [0, 0.05) is 25.3 Å². The predicted molar refractivity (Wildman–Crippen MR) is 74.5 cm³/mol. The van der Waals surface area contributed by atoms with E-state index in [0.717, 1.165) is 25.9 Å². The van der Waals surface area contributed by atoms with Crippen molar-refractivity contribution >= 4 is 11.5 Å². The lowest BCUT2D eigenvalue weighted by atomic mass is 10.1. The number of nitro groups is 1. The molecule has 0 saturated carbocycles. The molecule has 0 radical (unpaired) electrons. The van der Waals surface area contributed by atoms with E-state index in [-0.39, 0.29) is 17.3 Å². The van der Waals surface area contributed by atoms with Crippen molar-refractivity contribution in [1.29, 1.82) is 5.26 Å². The lowest BCUT2D eigenvalue weighted by molar-refractivity contribution is -0.384. The number of nitrogens with zero attached hydrogens (tertiary/aromatic N) is 4. The molecular weight excluding hydrogens is 258 g/mol. The average molecular weight is 275 g/mol. The maximum Gasteiger partial charge on any atom is 0.329 e. The summed E-state index contributed by atoms with van der Waals surface area (Å²) >= 11 is 0. The molecule has 1 atom stereocenters. The van der Waals surface area contributed by atoms with Crippen LogP contribution in [0.15, 0.2) is 12.3 Å². The number of rotatable bonds is 5. The van der Waals surface area contributed by atoms with Gasteiger partial charge in [0.2, 0.25) is 5.82 Å². The van der Waals surface area contributed by atoms with Crippen molar-refractivity contribution in [1.82, 2.24) is 10.3 Å². The van der Waals surface area contributed by atoms with E-state index in [1.807, 2.05) is 17.9 Å². The quantitative estimate of drug-likeness (QED) is 0.645. The van der Waals surface area contributed by atoms with Gasteiger partial charge in [0.05, 0.1) is 4.92 Å². The summed E-state index contributed by atoms with van der Waals surface area (Å²) in [5.41, 5.74) is -0.123. The van der Waals surface area contributed by atoms with Gasteiger partial charge in [0.25, 0.3) is 0 Å². The third-order valence-electron chi connectivity index (χ3n) is 3.42. The Kier molecular flexibility index (Phi) is 4.48. The zero-order chi connectivity index (χ0) is 14.5. The summed E-state index contributed by atoms with van der Waals surface area (Å²) in [5.74, 6) is 0.310. The van der Waals surface area contributed by atoms with E-state index in [0.29, 0.717) is 12.4 Å². The van der Waals surface area contributed by atoms with E-state index in [1.54, 1.807) is 0 Å². The minimum absolute atomic E-state index is 0.0621. The number of pyridine rings is 1. The summed E-state index contributed by atoms with van der Waals surface area (Å²) in [5, 5.41) is 23.6. The van der Waals surface area contributed by atoms with Crippen molar-refractivity contribution in [2.75, 3.05) is 24.5 Å². The topological polar surface area (TPSA) is 95.1 Å². The first-order valence-corrected chi connectivity index (χ1v) is 6.69. The molecule has 1 aliphatic heterocycles. The molecule has 0 spiro atoms. The zero-order valence-corrected chi connectivity index (χ0v) is 11.4. The van der Waals surface area contributed by atoms with Crippen LogP contribution in [-0.4, -0.2) is 35.6 Å². The molecule has 0 aromatic carbocycles. The highest BCUT2D eigenvalue weighted by atomic mass is 16.6. The maximum absolute atomic E-state index is 11.3. The van der Waals surface area contributed by atoms with Crippen molar-refractivity contribution in [2.24, 2.45) is 0 Å². The number of nitrogens with one attached hydrogen (secondary N) is 1. The SMILES string of the molecule is CCCN(c1nccc(C#N)c1[N+](=O)[O-])C1CCNC1. The van der Waals surface area contributed by atoms with E-state index in [9.17, 15) is 10.1 Å². The van der Waals surface area contributed by atoms with E-state index >= 15 is 0 Å². The molecule has 1 fully saturated rings. The van der Waals surface area contributed by atoms with Gasteiger partial charge >= 0.3 is 5.69 Å². The molecule has 0 aliphatic carbocycles. The fraction of sp³-hybridized carbons (Fsp3) is 0.538. The van der Waals surface area contributed by atoms with Crippen LogP contribution in [-0.2, 0) is 0 Å². The maximum atomic E-state index is 11.3. The van der Waals surface area contributed by atoms with Crippen molar-refractivity contribution in [3.63, 3.8) is 0 Å². The van der Waals surface area contributed by atoms with Gasteiger partial charge in [-0.1, -0.05) is 6.92 Å². The normalized spacial score (nSPS) is 17.7. The second-order valence-electron chi connectivity index (χ2n) is 4.74. The Balaban J connectivity index is 2.47. The van der Waals surface area contributed by atoms with Crippen LogP contribution in [0.3, 0.4) is 0 Å². The Morgan fingerprint density at radius 1 is 1.70 bits per heavy atom. The molecule has 1 aliphatic rings. The first-order chi connectivity index (χ1) is 9.69. The Morgan fingerprint density at radius 3 is 3.05 bits per heavy atom. The molecule has 1 aromatic heterocycles. The number of hydrogen-bond acceptors (Lipinski definition) is 6. The molecule has 7 heteroatoms. The van der Waals surface area contributed by atoms with Gasteiger partial charge < -0.3 is 10.2 Å². The van der Waals surface area contributed by atoms with Crippen LogP contribution in [0.1, 0.15) is 25.3 Å². The summed E-state index contributed by atoms with van der Waals surface area (Å²) in [4.78, 5) is 16.9. The highest BCUT2D eigenvalue weighted by Gasteiger charge is 2.30. The van der Waals surface area contributed by atoms with Gasteiger partial charge in [-0.2, -0.15) is 5.26 Å². The van der Waals surface area contributed by atoms with Crippen molar-refractivity contribution < 1.29 is 4.92 Å². The largest absolute Gasteiger partial charge is 0.347 e. The number of aromatic nitrogens is 1. The standard InChI is InChI=1S/C13H17N5O2/c1-2-7-17(11-4-5-15-9-11)13-12(18(19)20)10(8-14)3-6-16-13/h3,6,11,15H,2,4-5,7,9H2,1H3. The lowest BCUT2D eigenvalue weighted by Gasteiger charge is -2.28. The van der Waals surface area contributed by atoms with Gasteiger partial charge in [-0.05, 0) is 25.5 Å². The van der Waals surface area contributed by atoms with Gasteiger partial charge in [0.15, 0.2) is 0 Å². The van der Waals surface area contributed by atoms with Gasteiger partial charge in [0.1, 0.15) is 11.6 Å². The molecule has 0 bridgehead atoms. The molecule has 1 aromatic rings. The fourth-order valence-electron chi connectivity index (χ4n) is 2.53. The minimum Gasteiger partial charge on any atom is -0.347 e. The number of anilines is 1. The summed E-state index contributed by atoms with van der Waals surface area (Å²) in [7, 11) is 0. The fourth-order valence-corrected chi connectivity index (χ4v) is 2.53. The van der Waals surface area contributed by atoms with Crippen LogP contribution in [0.25, 0.3) is 0 Å². The zero-order valence-electron chi connectivity index (χ0n) is 11.4. The van der Waals surface area contributed by atoms with Gasteiger partial charge in [-0.25, -0.2) is 4.98 Å². The van der Waals surface area contributed by atoms with Crippen LogP contribution in [0.5, 0.6) is 0 Å². The van der Waals surface area contributed by atoms with Crippen molar-refractivity contribution in [3.8, 4) is 6.07 Å². The summed E-state index contributed by atoms with van der Waals surface area (Å²) in [6, 6.07) is 3.46. The molecule has 2 heterocycles. The lowest BCUT2D eigenvalue weighted by Crippen LogP contribution is -2.38. The van der Waals surface area contributed by atoms with E-state index in [4.69, 9.17) is 5.26 Å². The Labute approximate surface area is 117 Å². The predicted octanol–water partition coefficient (Wildman–Crippen LogP) is 1.44. The van der Waals surface area contributed by atoms with Crippen LogP contribution in [0, 0.1) is 21.4 Å². The van der Waals surface area contributed by atoms with E-state index in [2.05, 4.69) is 10.3 Å². The third kappa shape index (κ3) is 2.70. The first-order valence-electron chi connectivity index (χ1n) is 6.69. The Morgan fingerprint density at radius 2 is 2.50 bits per heavy atom. The van der Waals surface area contributed by atoms with Crippen LogP contribution >= 0.6 is 0 Å². The third-order valence-corrected chi connectivity index (χ3v) is 3.42. The van der Waals surface area contributed by atoms with Crippen LogP contribution in [0.2, 0.25) is 0 Å². The summed E-state index contributed by atoms with van der Waals surface area (Å²) < 4.78 is 0. The Bertz CT molecular complexity index is 534. The summed E-state index contributed by atoms with van der Waals surface area (Å²) in [6.07, 6.45) is 3.26. The second kappa shape index (κ2) is 6.30. The molecular formula is C13H17N5O2. The van der Waals surface area contributed by atoms with E-state index < -0.39 is 4.92 Å². The first kappa shape index (κ1) is 14.2. The molecule has 106 valence electrons. The molecule has 1 unspecified atom stereocenters. The number of nitriles is 1. The van der Waals surface area contributed by atoms with Gasteiger partial charge in [-0.15, -0.1) is 0 Å². The van der Waals surface area contributed by atoms with E-state index in [1.165, 1.54) is 12.3 Å². The molecule has 1 saturated heterocycles. The van der Waals surface area contributed by atoms with Crippen molar-refractivity contribution in [3.05, 3.63) is 27.9 Å². The second-order valence-corrected chi connectivity index (χ2v) is 4.74. The monoisotopic (exact) mass is 275 g/mol. The van der Waals surface area contributed by atoms with Crippen LogP contribution < -0.4 is 10.2 Å².